The molecule has 1 aliphatic heterocycles. The fourth-order valence-corrected chi connectivity index (χ4v) is 4.66. The maximum absolute atomic E-state index is 12.4. The topological polar surface area (TPSA) is 65.1 Å². The van der Waals surface area contributed by atoms with Gasteiger partial charge in [-0.15, -0.1) is 0 Å². The standard InChI is InChI=1S/C28H35NO5/c1-28(2,3)34-27(31)15-20-10-13-24-23(14-20)29(17-19-8-6-5-7-9-19)18-25(33-24)22(21-11-12-21)16-26(30)32-4/h5-10,13-14,21-22,25H,11-12,15-18H2,1-4H3/t22-,25+/m0/s1. The zero-order chi connectivity index (χ0) is 24.3. The van der Waals surface area contributed by atoms with Gasteiger partial charge in [-0.1, -0.05) is 36.4 Å². The molecule has 0 saturated heterocycles. The summed E-state index contributed by atoms with van der Waals surface area (Å²) in [4.78, 5) is 26.8. The minimum Gasteiger partial charge on any atom is -0.486 e. The smallest absolute Gasteiger partial charge is 0.310 e. The first-order valence-electron chi connectivity index (χ1n) is 12.1. The van der Waals surface area contributed by atoms with Crippen molar-refractivity contribution in [3.05, 3.63) is 59.7 Å². The second kappa shape index (κ2) is 10.1. The summed E-state index contributed by atoms with van der Waals surface area (Å²) < 4.78 is 17.0. The molecule has 0 unspecified atom stereocenters. The minimum atomic E-state index is -0.515. The fourth-order valence-electron chi connectivity index (χ4n) is 4.66. The molecule has 0 amide bonds. The van der Waals surface area contributed by atoms with E-state index in [0.717, 1.165) is 36.4 Å². The van der Waals surface area contributed by atoms with Crippen LogP contribution < -0.4 is 9.64 Å². The van der Waals surface area contributed by atoms with Crippen molar-refractivity contribution in [2.45, 2.75) is 64.7 Å². The lowest BCUT2D eigenvalue weighted by Crippen LogP contribution is -2.45. The van der Waals surface area contributed by atoms with Crippen molar-refractivity contribution in [2.75, 3.05) is 18.6 Å². The molecule has 0 radical (unpaired) electrons. The van der Waals surface area contributed by atoms with Crippen LogP contribution in [0.15, 0.2) is 48.5 Å². The molecule has 1 fully saturated rings. The first-order chi connectivity index (χ1) is 16.2. The molecule has 0 bridgehead atoms. The Labute approximate surface area is 202 Å². The van der Waals surface area contributed by atoms with Gasteiger partial charge in [-0.3, -0.25) is 9.59 Å². The molecular weight excluding hydrogens is 430 g/mol. The average molecular weight is 466 g/mol. The first kappa shape index (κ1) is 24.1. The highest BCUT2D eigenvalue weighted by atomic mass is 16.6. The van der Waals surface area contributed by atoms with Gasteiger partial charge in [0.2, 0.25) is 0 Å². The third-order valence-electron chi connectivity index (χ3n) is 6.36. The molecule has 6 nitrogen and oxygen atoms in total. The number of hydrogen-bond donors (Lipinski definition) is 0. The molecule has 2 aliphatic rings. The SMILES string of the molecule is COC(=O)C[C@@H](C1CC1)[C@H]1CN(Cc2ccccc2)c2cc(CC(=O)OC(C)(C)C)ccc2O1. The van der Waals surface area contributed by atoms with E-state index in [4.69, 9.17) is 14.2 Å². The largest absolute Gasteiger partial charge is 0.486 e. The van der Waals surface area contributed by atoms with Crippen molar-refractivity contribution in [1.82, 2.24) is 0 Å². The van der Waals surface area contributed by atoms with Gasteiger partial charge in [-0.2, -0.15) is 0 Å². The number of esters is 2. The molecule has 4 rings (SSSR count). The molecule has 0 spiro atoms. The van der Waals surface area contributed by atoms with Gasteiger partial charge >= 0.3 is 11.9 Å². The first-order valence-corrected chi connectivity index (χ1v) is 12.1. The number of nitrogens with zero attached hydrogens (tertiary/aromatic N) is 1. The summed E-state index contributed by atoms with van der Waals surface area (Å²) in [5.74, 6) is 0.976. The summed E-state index contributed by atoms with van der Waals surface area (Å²) in [5.41, 5.74) is 2.54. The minimum absolute atomic E-state index is 0.0977. The second-order valence-electron chi connectivity index (χ2n) is 10.4. The Kier molecular flexibility index (Phi) is 7.15. The third-order valence-corrected chi connectivity index (χ3v) is 6.36. The maximum Gasteiger partial charge on any atom is 0.310 e. The highest BCUT2D eigenvalue weighted by molar-refractivity contribution is 5.74. The van der Waals surface area contributed by atoms with Crippen LogP contribution in [-0.2, 0) is 32.0 Å². The molecule has 34 heavy (non-hydrogen) atoms. The Bertz CT molecular complexity index is 1010. The van der Waals surface area contributed by atoms with Crippen LogP contribution in [0.2, 0.25) is 0 Å². The molecule has 1 aliphatic carbocycles. The molecule has 2 atom stereocenters. The Morgan fingerprint density at radius 3 is 2.44 bits per heavy atom. The van der Waals surface area contributed by atoms with Crippen molar-refractivity contribution in [3.8, 4) is 5.75 Å². The number of rotatable bonds is 8. The summed E-state index contributed by atoms with van der Waals surface area (Å²) in [6.07, 6.45) is 2.74. The van der Waals surface area contributed by atoms with Crippen LogP contribution in [-0.4, -0.2) is 37.3 Å². The summed E-state index contributed by atoms with van der Waals surface area (Å²) in [6, 6.07) is 16.2. The molecule has 182 valence electrons. The van der Waals surface area contributed by atoms with Crippen LogP contribution in [0.25, 0.3) is 0 Å². The number of methoxy groups -OCH3 is 1. The Morgan fingerprint density at radius 2 is 1.79 bits per heavy atom. The van der Waals surface area contributed by atoms with Gasteiger partial charge in [-0.05, 0) is 62.8 Å². The molecule has 1 saturated carbocycles. The van der Waals surface area contributed by atoms with Crippen LogP contribution in [0, 0.1) is 11.8 Å². The summed E-state index contributed by atoms with van der Waals surface area (Å²) >= 11 is 0. The molecule has 0 N–H and O–H groups in total. The highest BCUT2D eigenvalue weighted by Crippen LogP contribution is 2.45. The van der Waals surface area contributed by atoms with Crippen LogP contribution >= 0.6 is 0 Å². The lowest BCUT2D eigenvalue weighted by Gasteiger charge is -2.40. The normalized spacial score (nSPS) is 18.5. The van der Waals surface area contributed by atoms with Gasteiger partial charge in [0.05, 0.1) is 32.2 Å². The van der Waals surface area contributed by atoms with E-state index in [1.165, 1.54) is 12.7 Å². The van der Waals surface area contributed by atoms with E-state index in [1.54, 1.807) is 0 Å². The number of anilines is 1. The van der Waals surface area contributed by atoms with E-state index in [1.807, 2.05) is 57.2 Å². The predicted octanol–water partition coefficient (Wildman–Crippen LogP) is 4.93. The second-order valence-corrected chi connectivity index (χ2v) is 10.4. The lowest BCUT2D eigenvalue weighted by atomic mass is 9.91. The van der Waals surface area contributed by atoms with Crippen LogP contribution in [0.1, 0.15) is 51.2 Å². The number of fused-ring (bicyclic) bond motifs is 1. The quantitative estimate of drug-likeness (QED) is 0.515. The highest BCUT2D eigenvalue weighted by Gasteiger charge is 2.42. The zero-order valence-corrected chi connectivity index (χ0v) is 20.6. The van der Waals surface area contributed by atoms with Crippen LogP contribution in [0.3, 0.4) is 0 Å². The van der Waals surface area contributed by atoms with E-state index in [0.29, 0.717) is 18.9 Å². The molecule has 2 aromatic carbocycles. The van der Waals surface area contributed by atoms with Gasteiger partial charge in [-0.25, -0.2) is 0 Å². The Hall–Kier alpha value is -3.02. The van der Waals surface area contributed by atoms with E-state index >= 15 is 0 Å². The number of hydrogen-bond acceptors (Lipinski definition) is 6. The van der Waals surface area contributed by atoms with E-state index in [-0.39, 0.29) is 30.4 Å². The van der Waals surface area contributed by atoms with E-state index in [9.17, 15) is 9.59 Å². The van der Waals surface area contributed by atoms with Gasteiger partial charge in [0, 0.05) is 12.5 Å². The van der Waals surface area contributed by atoms with Crippen molar-refractivity contribution in [1.29, 1.82) is 0 Å². The Morgan fingerprint density at radius 1 is 1.06 bits per heavy atom. The van der Waals surface area contributed by atoms with Crippen molar-refractivity contribution < 1.29 is 23.8 Å². The molecule has 0 aromatic heterocycles. The van der Waals surface area contributed by atoms with Gasteiger partial charge in [0.25, 0.3) is 0 Å². The van der Waals surface area contributed by atoms with Crippen molar-refractivity contribution in [3.63, 3.8) is 0 Å². The van der Waals surface area contributed by atoms with Crippen LogP contribution in [0.5, 0.6) is 5.75 Å². The summed E-state index contributed by atoms with van der Waals surface area (Å²) in [7, 11) is 1.44. The van der Waals surface area contributed by atoms with Gasteiger partial charge in [0.15, 0.2) is 0 Å². The molecule has 6 heteroatoms. The Balaban J connectivity index is 1.60. The van der Waals surface area contributed by atoms with Gasteiger partial charge < -0.3 is 19.1 Å². The fraction of sp³-hybridized carbons (Fsp3) is 0.500. The predicted molar refractivity (Wildman–Crippen MR) is 131 cm³/mol. The average Bonchev–Trinajstić information content (AvgIpc) is 3.62. The van der Waals surface area contributed by atoms with Crippen molar-refractivity contribution >= 4 is 17.6 Å². The summed E-state index contributed by atoms with van der Waals surface area (Å²) in [6.45, 7) is 7.02. The number of ether oxygens (including phenoxy) is 3. The number of carbonyl (C=O) groups is 2. The maximum atomic E-state index is 12.4. The van der Waals surface area contributed by atoms with Crippen molar-refractivity contribution in [2.24, 2.45) is 11.8 Å². The van der Waals surface area contributed by atoms with Crippen LogP contribution in [0.4, 0.5) is 5.69 Å². The molecule has 2 aromatic rings. The molecular formula is C28H35NO5. The zero-order valence-electron chi connectivity index (χ0n) is 20.6. The molecule has 1 heterocycles. The van der Waals surface area contributed by atoms with E-state index < -0.39 is 5.60 Å². The summed E-state index contributed by atoms with van der Waals surface area (Å²) in [5, 5.41) is 0. The number of benzene rings is 2. The number of carbonyl (C=O) groups excluding carboxylic acids is 2. The van der Waals surface area contributed by atoms with Gasteiger partial charge in [0.1, 0.15) is 17.5 Å². The third kappa shape index (κ3) is 6.31. The monoisotopic (exact) mass is 465 g/mol. The van der Waals surface area contributed by atoms with E-state index in [2.05, 4.69) is 17.0 Å². The lowest BCUT2D eigenvalue weighted by molar-refractivity contribution is -0.154.